The van der Waals surface area contributed by atoms with Gasteiger partial charge >= 0.3 is 272 Å². The fourth-order valence-corrected chi connectivity index (χ4v) is 18.8. The molecule has 1 aliphatic carbocycles. The summed E-state index contributed by atoms with van der Waals surface area (Å²) in [4.78, 5) is 32.4. The van der Waals surface area contributed by atoms with Gasteiger partial charge in [-0.15, -0.1) is 0 Å². The molecule has 436 valence electrons. The molecule has 11 nitrogen and oxygen atoms in total. The summed E-state index contributed by atoms with van der Waals surface area (Å²) in [5.74, 6) is 4.93. The van der Waals surface area contributed by atoms with E-state index in [9.17, 15) is 29.7 Å². The van der Waals surface area contributed by atoms with Gasteiger partial charge in [0, 0.05) is 38.2 Å². The summed E-state index contributed by atoms with van der Waals surface area (Å²) in [5.41, 5.74) is 16.5. The zero-order valence-electron chi connectivity index (χ0n) is 51.1. The van der Waals surface area contributed by atoms with E-state index >= 15 is 0 Å². The van der Waals surface area contributed by atoms with Crippen molar-refractivity contribution in [2.45, 2.75) is 84.1 Å². The molecular formula is C71H82B2GeN5O6+. The van der Waals surface area contributed by atoms with E-state index in [4.69, 9.17) is 0 Å². The average Bonchev–Trinajstić information content (AvgIpc) is 1.95. The molecule has 7 aromatic carbocycles. The van der Waals surface area contributed by atoms with Crippen LogP contribution in [0.25, 0.3) is 38.2 Å². The predicted molar refractivity (Wildman–Crippen MR) is 357 cm³/mol. The monoisotopic (exact) mass is 1200 g/mol. The van der Waals surface area contributed by atoms with Gasteiger partial charge in [-0.2, -0.15) is 0 Å². The first kappa shape index (κ1) is 62.3. The number of fused-ring (bicyclic) bond motifs is 4. The Bertz CT molecular complexity index is 3870. The SMILES string of the molecule is C=C(C)C(=O)CCCCN(Cc1ccccc1B(O)O)Cc1c2ccccc2c(CN(CCCNC(=O)C(=C)C)Cc2ccccc2B(O)O)c2ccc(-c3ccc(C)c(C4=C5C=CC(=[N+](C)C)C=[C]5[Ge]([CH3])([CH3])[c]5cc(N(C)C)ccc54)c3)cc12. The van der Waals surface area contributed by atoms with Crippen molar-refractivity contribution < 1.29 is 34.3 Å². The number of hydrogen-bond donors (Lipinski definition) is 5. The van der Waals surface area contributed by atoms with Crippen LogP contribution in [0.2, 0.25) is 11.5 Å². The van der Waals surface area contributed by atoms with Crippen molar-refractivity contribution in [1.82, 2.24) is 15.1 Å². The molecule has 0 saturated carbocycles. The van der Waals surface area contributed by atoms with E-state index in [2.05, 4.69) is 181 Å². The van der Waals surface area contributed by atoms with Crippen LogP contribution in [0, 0.1) is 6.92 Å². The summed E-state index contributed by atoms with van der Waals surface area (Å²) in [6, 6.07) is 44.3. The van der Waals surface area contributed by atoms with E-state index in [0.717, 1.165) is 61.3 Å². The second-order valence-corrected chi connectivity index (χ2v) is 33.2. The number of nitrogens with one attached hydrogen (secondary N) is 1. The first-order chi connectivity index (χ1) is 40.6. The van der Waals surface area contributed by atoms with Crippen molar-refractivity contribution in [2.75, 3.05) is 52.7 Å². The van der Waals surface area contributed by atoms with Gasteiger partial charge in [-0.1, -0.05) is 79.9 Å². The van der Waals surface area contributed by atoms with Crippen molar-refractivity contribution >= 4 is 93.0 Å². The molecule has 1 heterocycles. The quantitative estimate of drug-likeness (QED) is 0.0132. The molecular weight excluding hydrogens is 1110 g/mol. The zero-order valence-corrected chi connectivity index (χ0v) is 53.2. The molecule has 1 amide bonds. The summed E-state index contributed by atoms with van der Waals surface area (Å²) < 4.78 is 5.14. The molecule has 0 spiro atoms. The Hall–Kier alpha value is -7.20. The van der Waals surface area contributed by atoms with Gasteiger partial charge < -0.3 is 25.4 Å². The van der Waals surface area contributed by atoms with Crippen LogP contribution in [0.1, 0.15) is 78.5 Å². The Morgan fingerprint density at radius 3 is 1.78 bits per heavy atom. The predicted octanol–water partition coefficient (Wildman–Crippen LogP) is 9.28. The van der Waals surface area contributed by atoms with Crippen molar-refractivity contribution in [1.29, 1.82) is 0 Å². The van der Waals surface area contributed by atoms with E-state index < -0.39 is 27.5 Å². The van der Waals surface area contributed by atoms with Gasteiger partial charge in [0.2, 0.25) is 5.91 Å². The number of rotatable bonds is 24. The first-order valence-corrected chi connectivity index (χ1v) is 36.0. The number of carbonyl (C=O) groups is 2. The standard InChI is InChI=1S/C71H81B2GeN5O6/c1-47(2)69(80)27-18-19-37-78(43-52-21-12-16-25-65(52)72(82)83)46-64-57-24-15-14-23-56(57)63(45-79(38-20-36-75-71(81)48(3)4)44-53-22-13-17-26-66(53)73(84)85)58-33-30-51(40-62(58)64)50-29-28-49(5)61(39-50)70-59-34-31-54(76(8)9)41-67(59)74(6,7)68-42-55(77(10)11)32-35-60(68)70/h12-17,21-26,28-35,39-42,82-85H,1,3,18-20,27,36-38,43-46H2,2,4-11H3/p+1. The second-order valence-electron chi connectivity index (χ2n) is 24.2. The van der Waals surface area contributed by atoms with Crippen LogP contribution in [0.3, 0.4) is 0 Å². The number of allylic oxidation sites excluding steroid dienone is 6. The molecule has 5 N–H and O–H groups in total. The number of Topliss-reactive ketones (excluding diaryl/α,β-unsaturated/α-hetero) is 1. The molecule has 14 heteroatoms. The Kier molecular flexibility index (Phi) is 19.8. The fourth-order valence-electron chi connectivity index (χ4n) is 12.3. The third-order valence-corrected chi connectivity index (χ3v) is 24.5. The second kappa shape index (κ2) is 27.0. The topological polar surface area (TPSA) is 140 Å². The van der Waals surface area contributed by atoms with Crippen LogP contribution in [0.4, 0.5) is 5.69 Å². The Balaban J connectivity index is 1.24. The number of ketones is 1. The third-order valence-electron chi connectivity index (χ3n) is 17.2. The fraction of sp³-hybridized carbons (Fsp3) is 0.282. The molecule has 1 aliphatic heterocycles. The Morgan fingerprint density at radius 2 is 1.19 bits per heavy atom. The average molecular weight is 1200 g/mol. The Morgan fingerprint density at radius 1 is 0.624 bits per heavy atom. The van der Waals surface area contributed by atoms with Gasteiger partial charge in [0.25, 0.3) is 0 Å². The molecule has 0 atom stereocenters. The van der Waals surface area contributed by atoms with Gasteiger partial charge in [0.1, 0.15) is 0 Å². The van der Waals surface area contributed by atoms with E-state index in [1.54, 1.807) is 26.0 Å². The minimum atomic E-state index is -2.89. The third kappa shape index (κ3) is 13.9. The molecule has 0 bridgehead atoms. The van der Waals surface area contributed by atoms with Crippen LogP contribution in [-0.4, -0.2) is 127 Å². The number of aryl methyl sites for hydroxylation is 1. The molecule has 0 saturated heterocycles. The summed E-state index contributed by atoms with van der Waals surface area (Å²) >= 11 is -2.89. The van der Waals surface area contributed by atoms with Gasteiger partial charge in [0.05, 0.1) is 0 Å². The van der Waals surface area contributed by atoms with E-state index in [1.165, 1.54) is 48.0 Å². The van der Waals surface area contributed by atoms with Crippen LogP contribution in [0.15, 0.2) is 180 Å². The van der Waals surface area contributed by atoms with Crippen LogP contribution < -0.4 is 25.5 Å². The number of anilines is 1. The summed E-state index contributed by atoms with van der Waals surface area (Å²) in [6.45, 7) is 16.9. The summed E-state index contributed by atoms with van der Waals surface area (Å²) in [5, 5.41) is 49.8. The summed E-state index contributed by atoms with van der Waals surface area (Å²) in [6.07, 6.45) is 9.51. The number of carbonyl (C=O) groups excluding carboxylic acids is 2. The van der Waals surface area contributed by atoms with Crippen molar-refractivity contribution in [3.8, 4) is 11.1 Å². The maximum atomic E-state index is 12.8. The molecule has 0 radical (unpaired) electrons. The van der Waals surface area contributed by atoms with Crippen molar-refractivity contribution in [3.63, 3.8) is 0 Å². The molecule has 9 rings (SSSR count). The number of benzene rings is 7. The van der Waals surface area contributed by atoms with Gasteiger partial charge in [0.15, 0.2) is 5.78 Å². The van der Waals surface area contributed by atoms with Crippen molar-refractivity contribution in [2.24, 2.45) is 0 Å². The zero-order chi connectivity index (χ0) is 60.9. The molecule has 85 heavy (non-hydrogen) atoms. The number of nitrogens with zero attached hydrogens (tertiary/aromatic N) is 4. The van der Waals surface area contributed by atoms with Crippen molar-refractivity contribution in [3.05, 3.63) is 219 Å². The summed E-state index contributed by atoms with van der Waals surface area (Å²) in [7, 11) is 5.16. The molecule has 0 fully saturated rings. The normalized spacial score (nSPS) is 13.5. The van der Waals surface area contributed by atoms with Gasteiger partial charge in [-0.05, 0) is 67.3 Å². The van der Waals surface area contributed by atoms with Crippen LogP contribution in [-0.2, 0) is 35.8 Å². The number of unbranched alkanes of at least 4 members (excludes halogenated alkanes) is 1. The van der Waals surface area contributed by atoms with Gasteiger partial charge in [-0.3, -0.25) is 14.5 Å². The minimum absolute atomic E-state index is 0.0555. The van der Waals surface area contributed by atoms with E-state index in [1.807, 2.05) is 36.4 Å². The molecule has 7 aromatic rings. The molecule has 0 unspecified atom stereocenters. The number of hydrogen-bond acceptors (Lipinski definition) is 9. The molecule has 0 aromatic heterocycles. The van der Waals surface area contributed by atoms with Crippen LogP contribution in [0.5, 0.6) is 0 Å². The first-order valence-electron chi connectivity index (χ1n) is 29.7. The van der Waals surface area contributed by atoms with E-state index in [-0.39, 0.29) is 11.7 Å². The van der Waals surface area contributed by atoms with Crippen LogP contribution >= 0.6 is 0 Å². The van der Waals surface area contributed by atoms with E-state index in [0.29, 0.717) is 87.1 Å². The Labute approximate surface area is 506 Å². The van der Waals surface area contributed by atoms with Gasteiger partial charge in [-0.25, -0.2) is 0 Å². The molecule has 2 aliphatic rings. The maximum absolute atomic E-state index is 12.8. The number of amides is 1.